The summed E-state index contributed by atoms with van der Waals surface area (Å²) in [5, 5.41) is 2.51. The Bertz CT molecular complexity index is 1580. The number of carbonyl (C=O) groups excluding carboxylic acids is 2. The molecule has 0 saturated carbocycles. The van der Waals surface area contributed by atoms with E-state index < -0.39 is 41.2 Å². The van der Waals surface area contributed by atoms with E-state index in [1.807, 2.05) is 13.8 Å². The smallest absolute Gasteiger partial charge is 0.487 e. The van der Waals surface area contributed by atoms with Crippen LogP contribution in [0.2, 0.25) is 0 Å². The molecule has 0 aliphatic carbocycles. The van der Waals surface area contributed by atoms with Crippen molar-refractivity contribution in [2.45, 2.75) is 39.4 Å². The van der Waals surface area contributed by atoms with Crippen LogP contribution in [0.3, 0.4) is 0 Å². The van der Waals surface area contributed by atoms with E-state index >= 15 is 0 Å². The molecule has 0 atom stereocenters. The second-order valence-electron chi connectivity index (χ2n) is 9.36. The number of fused-ring (bicyclic) bond motifs is 1. The van der Waals surface area contributed by atoms with Gasteiger partial charge in [-0.3, -0.25) is 14.7 Å². The van der Waals surface area contributed by atoms with Crippen molar-refractivity contribution in [2.75, 3.05) is 18.4 Å². The van der Waals surface area contributed by atoms with Crippen molar-refractivity contribution in [3.63, 3.8) is 0 Å². The highest BCUT2D eigenvalue weighted by Gasteiger charge is 2.42. The van der Waals surface area contributed by atoms with Crippen LogP contribution in [0.15, 0.2) is 60.8 Å². The second kappa shape index (κ2) is 12.7. The van der Waals surface area contributed by atoms with Gasteiger partial charge in [0.15, 0.2) is 5.75 Å². The molecule has 0 bridgehead atoms. The molecular weight excluding hydrogens is 582 g/mol. The third-order valence-electron chi connectivity index (χ3n) is 6.43. The van der Waals surface area contributed by atoms with Crippen molar-refractivity contribution in [3.05, 3.63) is 83.3 Å². The molecule has 228 valence electrons. The summed E-state index contributed by atoms with van der Waals surface area (Å²) in [4.78, 5) is 33.5. The summed E-state index contributed by atoms with van der Waals surface area (Å²) in [5.41, 5.74) is 0.266. The molecule has 0 fully saturated rings. The lowest BCUT2D eigenvalue weighted by molar-refractivity contribution is -0.189. The van der Waals surface area contributed by atoms with Crippen molar-refractivity contribution < 1.29 is 45.4 Å². The highest BCUT2D eigenvalue weighted by molar-refractivity contribution is 6.10. The SMILES string of the molecule is CCN(CC)Cc1ccc(NC(=O)c2[nH]c3ccc(OCc4ccc(C(F)(F)F)cn4)cc3c2OC(=O)C(F)(F)F)cc1. The summed E-state index contributed by atoms with van der Waals surface area (Å²) in [6.07, 6.45) is -9.26. The van der Waals surface area contributed by atoms with Gasteiger partial charge in [0, 0.05) is 23.8 Å². The van der Waals surface area contributed by atoms with Gasteiger partial charge in [-0.25, -0.2) is 4.79 Å². The molecule has 0 saturated heterocycles. The first kappa shape index (κ1) is 31.3. The fourth-order valence-corrected chi connectivity index (χ4v) is 4.08. The highest BCUT2D eigenvalue weighted by atomic mass is 19.4. The van der Waals surface area contributed by atoms with Crippen LogP contribution in [0.25, 0.3) is 10.9 Å². The number of carbonyl (C=O) groups is 2. The number of anilines is 1. The highest BCUT2D eigenvalue weighted by Crippen LogP contribution is 2.35. The summed E-state index contributed by atoms with van der Waals surface area (Å²) in [6.45, 7) is 6.20. The molecule has 4 aromatic rings. The van der Waals surface area contributed by atoms with Gasteiger partial charge >= 0.3 is 18.3 Å². The number of esters is 1. The number of hydrogen-bond donors (Lipinski definition) is 2. The van der Waals surface area contributed by atoms with Crippen LogP contribution in [-0.4, -0.2) is 46.0 Å². The van der Waals surface area contributed by atoms with Gasteiger partial charge in [-0.05, 0) is 61.1 Å². The Balaban J connectivity index is 1.58. The zero-order valence-corrected chi connectivity index (χ0v) is 22.9. The summed E-state index contributed by atoms with van der Waals surface area (Å²) >= 11 is 0. The largest absolute Gasteiger partial charge is 0.491 e. The minimum Gasteiger partial charge on any atom is -0.487 e. The number of alkyl halides is 6. The number of H-pyrrole nitrogens is 1. The van der Waals surface area contributed by atoms with E-state index in [1.165, 1.54) is 18.2 Å². The number of pyridine rings is 1. The Morgan fingerprint density at radius 3 is 2.23 bits per heavy atom. The number of halogens is 6. The van der Waals surface area contributed by atoms with E-state index in [4.69, 9.17) is 4.74 Å². The standard InChI is InChI=1S/C29H26F6N4O4/c1-3-39(4-2)15-17-5-8-19(9-6-17)37-26(40)24-25(43-27(41)29(33,34)35)22-13-21(11-12-23(22)38-24)42-16-20-10-7-18(14-36-20)28(30,31)32/h5-14,38H,3-4,15-16H2,1-2H3,(H,37,40). The maximum Gasteiger partial charge on any atom is 0.491 e. The Morgan fingerprint density at radius 2 is 1.65 bits per heavy atom. The van der Waals surface area contributed by atoms with Crippen LogP contribution >= 0.6 is 0 Å². The lowest BCUT2D eigenvalue weighted by Gasteiger charge is -2.18. The molecule has 0 aliphatic rings. The van der Waals surface area contributed by atoms with Gasteiger partial charge in [0.05, 0.1) is 16.8 Å². The molecule has 1 amide bonds. The zero-order valence-electron chi connectivity index (χ0n) is 22.9. The number of nitrogens with one attached hydrogen (secondary N) is 2. The Morgan fingerprint density at radius 1 is 0.953 bits per heavy atom. The number of nitrogens with zero attached hydrogens (tertiary/aromatic N) is 2. The van der Waals surface area contributed by atoms with Gasteiger partial charge < -0.3 is 19.8 Å². The van der Waals surface area contributed by atoms with Gasteiger partial charge in [-0.15, -0.1) is 0 Å². The molecule has 8 nitrogen and oxygen atoms in total. The van der Waals surface area contributed by atoms with E-state index in [-0.39, 0.29) is 29.0 Å². The van der Waals surface area contributed by atoms with Crippen molar-refractivity contribution in [1.82, 2.24) is 14.9 Å². The van der Waals surface area contributed by atoms with Gasteiger partial charge in [0.2, 0.25) is 0 Å². The summed E-state index contributed by atoms with van der Waals surface area (Å²) in [7, 11) is 0. The minimum absolute atomic E-state index is 0.0632. The number of aromatic nitrogens is 2. The molecule has 0 unspecified atom stereocenters. The topological polar surface area (TPSA) is 96.6 Å². The van der Waals surface area contributed by atoms with Crippen LogP contribution in [-0.2, 0) is 24.1 Å². The lowest BCUT2D eigenvalue weighted by atomic mass is 10.2. The quantitative estimate of drug-likeness (QED) is 0.153. The van der Waals surface area contributed by atoms with Gasteiger partial charge in [0.25, 0.3) is 5.91 Å². The predicted molar refractivity (Wildman–Crippen MR) is 145 cm³/mol. The molecule has 43 heavy (non-hydrogen) atoms. The summed E-state index contributed by atoms with van der Waals surface area (Å²) < 4.78 is 87.8. The second-order valence-corrected chi connectivity index (χ2v) is 9.36. The fourth-order valence-electron chi connectivity index (χ4n) is 4.08. The fraction of sp³-hybridized carbons (Fsp3) is 0.276. The average Bonchev–Trinajstić information content (AvgIpc) is 3.32. The number of amides is 1. The van der Waals surface area contributed by atoms with Crippen LogP contribution in [0, 0.1) is 0 Å². The van der Waals surface area contributed by atoms with Crippen LogP contribution in [0.4, 0.5) is 32.0 Å². The van der Waals surface area contributed by atoms with Crippen LogP contribution in [0.1, 0.15) is 41.2 Å². The summed E-state index contributed by atoms with van der Waals surface area (Å²) in [6, 6.07) is 12.9. The first-order valence-electron chi connectivity index (χ1n) is 13.0. The minimum atomic E-state index is -5.35. The predicted octanol–water partition coefficient (Wildman–Crippen LogP) is 6.72. The van der Waals surface area contributed by atoms with E-state index in [1.54, 1.807) is 24.3 Å². The van der Waals surface area contributed by atoms with E-state index in [2.05, 4.69) is 24.9 Å². The molecule has 14 heteroatoms. The molecule has 2 aromatic heterocycles. The van der Waals surface area contributed by atoms with E-state index in [0.717, 1.165) is 30.8 Å². The van der Waals surface area contributed by atoms with Crippen molar-refractivity contribution in [3.8, 4) is 11.5 Å². The number of benzene rings is 2. The molecule has 4 rings (SSSR count). The molecule has 0 radical (unpaired) electrons. The Kier molecular flexibility index (Phi) is 9.28. The molecule has 0 aliphatic heterocycles. The first-order valence-corrected chi connectivity index (χ1v) is 13.0. The first-order chi connectivity index (χ1) is 20.3. The molecule has 0 spiro atoms. The maximum atomic E-state index is 13.1. The molecule has 2 N–H and O–H groups in total. The van der Waals surface area contributed by atoms with Gasteiger partial charge in [-0.2, -0.15) is 26.3 Å². The monoisotopic (exact) mass is 608 g/mol. The zero-order chi connectivity index (χ0) is 31.4. The Hall–Kier alpha value is -4.59. The van der Waals surface area contributed by atoms with Crippen molar-refractivity contribution >= 4 is 28.5 Å². The lowest BCUT2D eigenvalue weighted by Crippen LogP contribution is -2.28. The van der Waals surface area contributed by atoms with E-state index in [0.29, 0.717) is 18.4 Å². The van der Waals surface area contributed by atoms with E-state index in [9.17, 15) is 35.9 Å². The normalized spacial score (nSPS) is 12.0. The number of rotatable bonds is 10. The average molecular weight is 609 g/mol. The van der Waals surface area contributed by atoms with Gasteiger partial charge in [-0.1, -0.05) is 26.0 Å². The third kappa shape index (κ3) is 7.83. The van der Waals surface area contributed by atoms with Crippen LogP contribution < -0.4 is 14.8 Å². The maximum absolute atomic E-state index is 13.1. The molecule has 2 heterocycles. The molecular formula is C29H26F6N4O4. The van der Waals surface area contributed by atoms with Gasteiger partial charge in [0.1, 0.15) is 18.1 Å². The Labute approximate surface area is 241 Å². The third-order valence-corrected chi connectivity index (χ3v) is 6.43. The van der Waals surface area contributed by atoms with Crippen LogP contribution in [0.5, 0.6) is 11.5 Å². The van der Waals surface area contributed by atoms with Crippen molar-refractivity contribution in [2.24, 2.45) is 0 Å². The number of hydrogen-bond acceptors (Lipinski definition) is 6. The number of ether oxygens (including phenoxy) is 2. The van der Waals surface area contributed by atoms with Crippen molar-refractivity contribution in [1.29, 1.82) is 0 Å². The number of aromatic amines is 1. The summed E-state index contributed by atoms with van der Waals surface area (Å²) in [5.74, 6) is -4.02. The molecule has 2 aromatic carbocycles.